The smallest absolute Gasteiger partial charge is 0.416 e. The van der Waals surface area contributed by atoms with Crippen molar-refractivity contribution in [3.05, 3.63) is 65.7 Å². The first-order chi connectivity index (χ1) is 17.3. The molecule has 0 radical (unpaired) electrons. The molecule has 3 aliphatic heterocycles. The molecule has 1 unspecified atom stereocenters. The van der Waals surface area contributed by atoms with Crippen LogP contribution in [0.25, 0.3) is 0 Å². The molecule has 0 saturated carbocycles. The lowest BCUT2D eigenvalue weighted by atomic mass is 10.0. The Hall–Kier alpha value is -4.07. The largest absolute Gasteiger partial charge is 0.487 e. The zero-order valence-corrected chi connectivity index (χ0v) is 19.2. The van der Waals surface area contributed by atoms with Gasteiger partial charge in [0.05, 0.1) is 37.0 Å². The fraction of sp³-hybridized carbons (Fsp3) is 0.360. The van der Waals surface area contributed by atoms with Crippen molar-refractivity contribution < 1.29 is 22.7 Å². The molecule has 2 saturated heterocycles. The summed E-state index contributed by atoms with van der Waals surface area (Å²) < 4.78 is 45.2. The Morgan fingerprint density at radius 3 is 2.42 bits per heavy atom. The van der Waals surface area contributed by atoms with Crippen LogP contribution in [0.3, 0.4) is 0 Å². The van der Waals surface area contributed by atoms with Crippen LogP contribution in [0.1, 0.15) is 24.0 Å². The van der Waals surface area contributed by atoms with Crippen LogP contribution < -0.4 is 4.74 Å². The number of hydrazone groups is 1. The lowest BCUT2D eigenvalue weighted by Crippen LogP contribution is -2.59. The van der Waals surface area contributed by atoms with Crippen LogP contribution in [0.2, 0.25) is 0 Å². The van der Waals surface area contributed by atoms with Gasteiger partial charge in [0.25, 0.3) is 0 Å². The van der Waals surface area contributed by atoms with Crippen molar-refractivity contribution in [3.63, 3.8) is 0 Å². The third-order valence-corrected chi connectivity index (χ3v) is 6.44. The van der Waals surface area contributed by atoms with Crippen molar-refractivity contribution in [2.45, 2.75) is 31.2 Å². The molecule has 186 valence electrons. The predicted octanol–water partition coefficient (Wildman–Crippen LogP) is 3.32. The van der Waals surface area contributed by atoms with Gasteiger partial charge in [-0.2, -0.15) is 23.5 Å². The van der Waals surface area contributed by atoms with E-state index in [0.29, 0.717) is 49.7 Å². The summed E-state index contributed by atoms with van der Waals surface area (Å²) in [6, 6.07) is 13.7. The highest BCUT2D eigenvalue weighted by molar-refractivity contribution is 6.08. The number of ether oxygens (including phenoxy) is 1. The number of benzene rings is 2. The molecule has 36 heavy (non-hydrogen) atoms. The average molecular weight is 496 g/mol. The number of para-hydroxylation sites is 1. The molecule has 8 nitrogen and oxygen atoms in total. The average Bonchev–Trinajstić information content (AvgIpc) is 3.46. The first-order valence-corrected chi connectivity index (χ1v) is 11.6. The number of nitriles is 1. The normalized spacial score (nSPS) is 20.9. The molecule has 3 heterocycles. The quantitative estimate of drug-likeness (QED) is 0.369. The van der Waals surface area contributed by atoms with Crippen LogP contribution in [0.4, 0.5) is 13.2 Å². The third kappa shape index (κ3) is 4.71. The van der Waals surface area contributed by atoms with Crippen molar-refractivity contribution in [3.8, 4) is 11.9 Å². The van der Waals surface area contributed by atoms with E-state index in [9.17, 15) is 23.2 Å². The minimum Gasteiger partial charge on any atom is -0.487 e. The van der Waals surface area contributed by atoms with Gasteiger partial charge in [-0.3, -0.25) is 4.79 Å². The summed E-state index contributed by atoms with van der Waals surface area (Å²) >= 11 is 0. The monoisotopic (exact) mass is 496 g/mol. The lowest BCUT2D eigenvalue weighted by molar-refractivity contribution is -0.137. The van der Waals surface area contributed by atoms with Crippen molar-refractivity contribution in [2.75, 3.05) is 26.2 Å². The SMILES string of the molecule is N#CN=C(N1CC(Oc2ccccc2)C1)N1CC(N2CCCC2=O)C(c2ccc(C(F)(F)F)cc2)=N1. The molecule has 2 aromatic rings. The maximum Gasteiger partial charge on any atom is 0.416 e. The molecule has 0 aromatic heterocycles. The highest BCUT2D eigenvalue weighted by Gasteiger charge is 2.42. The lowest BCUT2D eigenvalue weighted by Gasteiger charge is -2.42. The summed E-state index contributed by atoms with van der Waals surface area (Å²) in [4.78, 5) is 20.1. The summed E-state index contributed by atoms with van der Waals surface area (Å²) in [5.41, 5.74) is 0.204. The number of aliphatic imine (C=N–C) groups is 1. The van der Waals surface area contributed by atoms with Gasteiger partial charge in [-0.05, 0) is 36.2 Å². The summed E-state index contributed by atoms with van der Waals surface area (Å²) in [7, 11) is 0. The maximum atomic E-state index is 13.1. The fourth-order valence-electron chi connectivity index (χ4n) is 4.64. The zero-order chi connectivity index (χ0) is 25.3. The Labute approximate surface area is 205 Å². The number of carbonyl (C=O) groups excluding carboxylic acids is 1. The van der Waals surface area contributed by atoms with E-state index in [2.05, 4.69) is 10.1 Å². The number of rotatable bonds is 4. The van der Waals surface area contributed by atoms with Crippen LogP contribution >= 0.6 is 0 Å². The molecule has 11 heteroatoms. The maximum absolute atomic E-state index is 13.1. The molecular formula is C25H23F3N6O2. The summed E-state index contributed by atoms with van der Waals surface area (Å²) in [5.74, 6) is 1.04. The fourth-order valence-corrected chi connectivity index (χ4v) is 4.64. The molecule has 0 N–H and O–H groups in total. The number of amides is 1. The minimum absolute atomic E-state index is 0.0273. The molecular weight excluding hydrogens is 473 g/mol. The molecule has 0 spiro atoms. The molecule has 0 aliphatic carbocycles. The number of hydrogen-bond donors (Lipinski definition) is 0. The first-order valence-electron chi connectivity index (χ1n) is 11.6. The van der Waals surface area contributed by atoms with E-state index in [0.717, 1.165) is 17.9 Å². The number of nitrogens with zero attached hydrogens (tertiary/aromatic N) is 6. The van der Waals surface area contributed by atoms with Crippen LogP contribution in [0.5, 0.6) is 5.75 Å². The Morgan fingerprint density at radius 2 is 1.81 bits per heavy atom. The van der Waals surface area contributed by atoms with E-state index >= 15 is 0 Å². The third-order valence-electron chi connectivity index (χ3n) is 6.44. The standard InChI is InChI=1S/C25H23F3N6O2/c26-25(27,28)18-10-8-17(9-11-18)23-21(33-12-4-7-22(33)35)15-34(31-23)24(30-16-29)32-13-20(14-32)36-19-5-2-1-3-6-19/h1-3,5-6,8-11,20-21H,4,7,12-15H2. The van der Waals surface area contributed by atoms with Crippen molar-refractivity contribution in [1.29, 1.82) is 5.26 Å². The van der Waals surface area contributed by atoms with E-state index in [1.165, 1.54) is 12.1 Å². The molecule has 2 fully saturated rings. The van der Waals surface area contributed by atoms with Crippen LogP contribution in [-0.4, -0.2) is 70.7 Å². The number of halogens is 3. The Bertz CT molecular complexity index is 1220. The Balaban J connectivity index is 1.38. The van der Waals surface area contributed by atoms with E-state index in [1.54, 1.807) is 9.91 Å². The van der Waals surface area contributed by atoms with E-state index in [4.69, 9.17) is 4.74 Å². The van der Waals surface area contributed by atoms with Crippen molar-refractivity contribution in [1.82, 2.24) is 14.8 Å². The predicted molar refractivity (Wildman–Crippen MR) is 125 cm³/mol. The van der Waals surface area contributed by atoms with Gasteiger partial charge in [0, 0.05) is 13.0 Å². The second kappa shape index (κ2) is 9.53. The van der Waals surface area contributed by atoms with Crippen molar-refractivity contribution in [2.24, 2.45) is 10.1 Å². The highest BCUT2D eigenvalue weighted by atomic mass is 19.4. The number of hydrogen-bond acceptors (Lipinski definition) is 5. The van der Waals surface area contributed by atoms with Crippen LogP contribution in [0.15, 0.2) is 64.7 Å². The van der Waals surface area contributed by atoms with Gasteiger partial charge in [0.1, 0.15) is 11.9 Å². The van der Waals surface area contributed by atoms with Gasteiger partial charge in [-0.25, -0.2) is 5.01 Å². The molecule has 5 rings (SSSR count). The summed E-state index contributed by atoms with van der Waals surface area (Å²) in [5, 5.41) is 15.5. The number of guanidine groups is 1. The van der Waals surface area contributed by atoms with Gasteiger partial charge < -0.3 is 14.5 Å². The van der Waals surface area contributed by atoms with Gasteiger partial charge in [-0.15, -0.1) is 4.99 Å². The number of carbonyl (C=O) groups is 1. The Morgan fingerprint density at radius 1 is 1.08 bits per heavy atom. The van der Waals surface area contributed by atoms with Gasteiger partial charge in [0.2, 0.25) is 18.1 Å². The number of alkyl halides is 3. The summed E-state index contributed by atoms with van der Waals surface area (Å²) in [6.45, 7) is 1.77. The van der Waals surface area contributed by atoms with E-state index < -0.39 is 17.8 Å². The molecule has 1 atom stereocenters. The van der Waals surface area contributed by atoms with E-state index in [-0.39, 0.29) is 18.6 Å². The van der Waals surface area contributed by atoms with E-state index in [1.807, 2.05) is 41.4 Å². The van der Waals surface area contributed by atoms with Gasteiger partial charge in [-0.1, -0.05) is 30.3 Å². The molecule has 1 amide bonds. The minimum atomic E-state index is -4.45. The van der Waals surface area contributed by atoms with Crippen LogP contribution in [-0.2, 0) is 11.0 Å². The Kier molecular flexibility index (Phi) is 6.26. The summed E-state index contributed by atoms with van der Waals surface area (Å²) in [6.07, 6.45) is -1.60. The van der Waals surface area contributed by atoms with Gasteiger partial charge >= 0.3 is 6.18 Å². The molecule has 3 aliphatic rings. The highest BCUT2D eigenvalue weighted by Crippen LogP contribution is 2.31. The van der Waals surface area contributed by atoms with Gasteiger partial charge in [0.15, 0.2) is 0 Å². The zero-order valence-electron chi connectivity index (χ0n) is 19.2. The first kappa shape index (κ1) is 23.7. The molecule has 0 bridgehead atoms. The second-order valence-corrected chi connectivity index (χ2v) is 8.82. The van der Waals surface area contributed by atoms with Crippen molar-refractivity contribution >= 4 is 17.6 Å². The molecule has 2 aromatic carbocycles. The van der Waals surface area contributed by atoms with Crippen LogP contribution in [0, 0.1) is 11.5 Å². The topological polar surface area (TPSA) is 84.5 Å². The number of likely N-dealkylation sites (tertiary alicyclic amines) is 2. The second-order valence-electron chi connectivity index (χ2n) is 8.82.